The summed E-state index contributed by atoms with van der Waals surface area (Å²) in [7, 11) is -1.94. The Kier molecular flexibility index (Phi) is 7.26. The van der Waals surface area contributed by atoms with E-state index < -0.39 is 10.0 Å². The number of methoxy groups -OCH3 is 1. The van der Waals surface area contributed by atoms with Crippen LogP contribution in [-0.4, -0.2) is 34.2 Å². The average molecular weight is 455 g/mol. The van der Waals surface area contributed by atoms with Crippen LogP contribution < -0.4 is 14.4 Å². The number of hydrogen-bond donors (Lipinski definition) is 1. The molecule has 0 saturated heterocycles. The van der Waals surface area contributed by atoms with Crippen molar-refractivity contribution in [3.05, 3.63) is 52.5 Å². The molecule has 0 aliphatic carbocycles. The third-order valence-corrected chi connectivity index (χ3v) is 6.03. The Bertz CT molecular complexity index is 916. The smallest absolute Gasteiger partial charge is 0.232 e. The van der Waals surface area contributed by atoms with E-state index in [-0.39, 0.29) is 18.9 Å². The van der Waals surface area contributed by atoms with Gasteiger partial charge in [0.15, 0.2) is 0 Å². The summed E-state index contributed by atoms with van der Waals surface area (Å²) < 4.78 is 31.7. The van der Waals surface area contributed by atoms with E-state index in [9.17, 15) is 13.2 Å². The number of amides is 1. The van der Waals surface area contributed by atoms with Gasteiger partial charge in [0.05, 0.1) is 19.1 Å². The van der Waals surface area contributed by atoms with Crippen molar-refractivity contribution in [2.24, 2.45) is 0 Å². The maximum absolute atomic E-state index is 12.2. The largest absolute Gasteiger partial charge is 0.497 e. The number of nitrogens with one attached hydrogen (secondary N) is 1. The van der Waals surface area contributed by atoms with Crippen LogP contribution >= 0.6 is 15.9 Å². The van der Waals surface area contributed by atoms with Crippen LogP contribution in [-0.2, 0) is 14.8 Å². The van der Waals surface area contributed by atoms with Crippen LogP contribution in [0.1, 0.15) is 18.4 Å². The molecule has 6 nitrogen and oxygen atoms in total. The Morgan fingerprint density at radius 1 is 1.22 bits per heavy atom. The SMILES string of the molecule is COc1cccc(N(CCCC(=O)Nc2ccc(Br)c(C)c2)S(C)(=O)=O)c1. The first-order chi connectivity index (χ1) is 12.7. The number of hydrogen-bond acceptors (Lipinski definition) is 4. The summed E-state index contributed by atoms with van der Waals surface area (Å²) in [6, 6.07) is 12.4. The summed E-state index contributed by atoms with van der Waals surface area (Å²) in [6.07, 6.45) is 1.76. The number of halogens is 1. The zero-order chi connectivity index (χ0) is 20.0. The van der Waals surface area contributed by atoms with Gasteiger partial charge in [0, 0.05) is 29.2 Å². The number of carbonyl (C=O) groups is 1. The van der Waals surface area contributed by atoms with Gasteiger partial charge in [-0.05, 0) is 49.2 Å². The minimum Gasteiger partial charge on any atom is -0.497 e. The van der Waals surface area contributed by atoms with Gasteiger partial charge in [-0.25, -0.2) is 8.42 Å². The molecule has 0 atom stereocenters. The molecule has 0 spiro atoms. The second-order valence-corrected chi connectivity index (χ2v) is 8.91. The number of carbonyl (C=O) groups excluding carboxylic acids is 1. The van der Waals surface area contributed by atoms with E-state index >= 15 is 0 Å². The van der Waals surface area contributed by atoms with Crippen LogP contribution in [0.3, 0.4) is 0 Å². The van der Waals surface area contributed by atoms with Crippen molar-refractivity contribution < 1.29 is 17.9 Å². The predicted molar refractivity (Wildman–Crippen MR) is 112 cm³/mol. The number of ether oxygens (including phenoxy) is 1. The summed E-state index contributed by atoms with van der Waals surface area (Å²) in [5.74, 6) is 0.417. The summed E-state index contributed by atoms with van der Waals surface area (Å²) in [5.41, 5.74) is 2.25. The highest BCUT2D eigenvalue weighted by molar-refractivity contribution is 9.10. The quantitative estimate of drug-likeness (QED) is 0.654. The maximum atomic E-state index is 12.2. The van der Waals surface area contributed by atoms with Gasteiger partial charge in [0.25, 0.3) is 0 Å². The summed E-state index contributed by atoms with van der Waals surface area (Å²) in [6.45, 7) is 2.15. The van der Waals surface area contributed by atoms with Gasteiger partial charge in [0.1, 0.15) is 5.75 Å². The van der Waals surface area contributed by atoms with Gasteiger partial charge in [-0.1, -0.05) is 22.0 Å². The van der Waals surface area contributed by atoms with Crippen LogP contribution in [0.2, 0.25) is 0 Å². The molecule has 2 aromatic rings. The van der Waals surface area contributed by atoms with Gasteiger partial charge >= 0.3 is 0 Å². The lowest BCUT2D eigenvalue weighted by Gasteiger charge is -2.22. The van der Waals surface area contributed by atoms with E-state index in [1.165, 1.54) is 11.4 Å². The Labute approximate surface area is 168 Å². The highest BCUT2D eigenvalue weighted by Gasteiger charge is 2.18. The Morgan fingerprint density at radius 2 is 1.96 bits per heavy atom. The Hall–Kier alpha value is -2.06. The van der Waals surface area contributed by atoms with Crippen LogP contribution in [0.4, 0.5) is 11.4 Å². The second kappa shape index (κ2) is 9.23. The Balaban J connectivity index is 1.98. The molecule has 27 heavy (non-hydrogen) atoms. The number of nitrogens with zero attached hydrogens (tertiary/aromatic N) is 1. The summed E-state index contributed by atoms with van der Waals surface area (Å²) in [5, 5.41) is 2.83. The minimum atomic E-state index is -3.47. The fraction of sp³-hybridized carbons (Fsp3) is 0.316. The predicted octanol–water partition coefficient (Wildman–Crippen LogP) is 3.95. The first-order valence-corrected chi connectivity index (χ1v) is 11.0. The molecular formula is C19H23BrN2O4S. The van der Waals surface area contributed by atoms with Gasteiger partial charge in [0.2, 0.25) is 15.9 Å². The van der Waals surface area contributed by atoms with E-state index in [2.05, 4.69) is 21.2 Å². The third kappa shape index (κ3) is 6.25. The van der Waals surface area contributed by atoms with Crippen LogP contribution in [0.25, 0.3) is 0 Å². The Morgan fingerprint density at radius 3 is 2.59 bits per heavy atom. The van der Waals surface area contributed by atoms with Crippen LogP contribution in [0, 0.1) is 6.92 Å². The van der Waals surface area contributed by atoms with E-state index in [1.807, 2.05) is 25.1 Å². The van der Waals surface area contributed by atoms with Crippen molar-refractivity contribution in [1.29, 1.82) is 0 Å². The molecule has 2 aromatic carbocycles. The maximum Gasteiger partial charge on any atom is 0.232 e. The van der Waals surface area contributed by atoms with Crippen molar-refractivity contribution >= 4 is 43.2 Å². The standard InChI is InChI=1S/C19H23BrN2O4S/c1-14-12-15(9-10-18(14)20)21-19(23)8-5-11-22(27(3,24)25)16-6-4-7-17(13-16)26-2/h4,6-7,9-10,12-13H,5,8,11H2,1-3H3,(H,21,23). The molecule has 146 valence electrons. The fourth-order valence-corrected chi connectivity index (χ4v) is 3.79. The van der Waals surface area contributed by atoms with Crippen LogP contribution in [0.5, 0.6) is 5.75 Å². The molecule has 0 aliphatic rings. The average Bonchev–Trinajstić information content (AvgIpc) is 2.61. The lowest BCUT2D eigenvalue weighted by Crippen LogP contribution is -2.31. The molecule has 0 unspecified atom stereocenters. The topological polar surface area (TPSA) is 75.7 Å². The van der Waals surface area contributed by atoms with Crippen molar-refractivity contribution in [3.63, 3.8) is 0 Å². The number of rotatable bonds is 8. The van der Waals surface area contributed by atoms with Gasteiger partial charge in [-0.15, -0.1) is 0 Å². The number of sulfonamides is 1. The summed E-state index contributed by atoms with van der Waals surface area (Å²) >= 11 is 3.42. The molecule has 0 saturated carbocycles. The lowest BCUT2D eigenvalue weighted by molar-refractivity contribution is -0.116. The molecule has 0 bridgehead atoms. The number of benzene rings is 2. The minimum absolute atomic E-state index is 0.157. The highest BCUT2D eigenvalue weighted by Crippen LogP contribution is 2.24. The first-order valence-electron chi connectivity index (χ1n) is 8.38. The molecule has 0 fully saturated rings. The second-order valence-electron chi connectivity index (χ2n) is 6.15. The third-order valence-electron chi connectivity index (χ3n) is 3.95. The molecule has 0 aromatic heterocycles. The van der Waals surface area contributed by atoms with Crippen molar-refractivity contribution in [2.45, 2.75) is 19.8 Å². The normalized spacial score (nSPS) is 11.1. The summed E-state index contributed by atoms with van der Waals surface area (Å²) in [4.78, 5) is 12.2. The monoisotopic (exact) mass is 454 g/mol. The van der Waals surface area contributed by atoms with E-state index in [1.54, 1.807) is 24.3 Å². The molecule has 2 rings (SSSR count). The van der Waals surface area contributed by atoms with Gasteiger partial charge in [-0.3, -0.25) is 9.10 Å². The van der Waals surface area contributed by atoms with Crippen molar-refractivity contribution in [1.82, 2.24) is 0 Å². The number of anilines is 2. The van der Waals surface area contributed by atoms with Crippen molar-refractivity contribution in [2.75, 3.05) is 29.5 Å². The zero-order valence-corrected chi connectivity index (χ0v) is 17.9. The molecule has 0 aliphatic heterocycles. The molecule has 1 amide bonds. The highest BCUT2D eigenvalue weighted by atomic mass is 79.9. The van der Waals surface area contributed by atoms with Crippen LogP contribution in [0.15, 0.2) is 46.9 Å². The molecule has 1 N–H and O–H groups in total. The van der Waals surface area contributed by atoms with E-state index in [0.29, 0.717) is 23.5 Å². The zero-order valence-electron chi connectivity index (χ0n) is 15.5. The lowest BCUT2D eigenvalue weighted by atomic mass is 10.2. The van der Waals surface area contributed by atoms with E-state index in [0.717, 1.165) is 16.3 Å². The fourth-order valence-electron chi connectivity index (χ4n) is 2.58. The van der Waals surface area contributed by atoms with Gasteiger partial charge < -0.3 is 10.1 Å². The molecule has 8 heteroatoms. The van der Waals surface area contributed by atoms with Gasteiger partial charge in [-0.2, -0.15) is 0 Å². The molecule has 0 radical (unpaired) electrons. The first kappa shape index (κ1) is 21.2. The number of aryl methyl sites for hydroxylation is 1. The molecular weight excluding hydrogens is 432 g/mol. The molecule has 0 heterocycles. The van der Waals surface area contributed by atoms with E-state index in [4.69, 9.17) is 4.74 Å². The van der Waals surface area contributed by atoms with Crippen molar-refractivity contribution in [3.8, 4) is 5.75 Å².